The number of phenols is 2. The van der Waals surface area contributed by atoms with Gasteiger partial charge in [0.1, 0.15) is 17.1 Å². The summed E-state index contributed by atoms with van der Waals surface area (Å²) in [5.41, 5.74) is 4.88. The maximum atomic E-state index is 10.4. The van der Waals surface area contributed by atoms with Gasteiger partial charge in [-0.2, -0.15) is 0 Å². The van der Waals surface area contributed by atoms with Crippen LogP contribution in [-0.4, -0.2) is 34.0 Å². The maximum absolute atomic E-state index is 10.4. The normalized spacial score (nSPS) is 17.3. The van der Waals surface area contributed by atoms with Crippen LogP contribution in [0, 0.1) is 38.5 Å². The first-order chi connectivity index (χ1) is 21.2. The molecule has 0 radical (unpaired) electrons. The second-order valence-corrected chi connectivity index (χ2v) is 14.0. The number of fused-ring (bicyclic) bond motifs is 1. The van der Waals surface area contributed by atoms with Gasteiger partial charge < -0.3 is 24.8 Å². The molecule has 1 aliphatic rings. The summed E-state index contributed by atoms with van der Waals surface area (Å²) < 4.78 is 11.5. The van der Waals surface area contributed by atoms with Gasteiger partial charge in [-0.25, -0.2) is 4.79 Å². The van der Waals surface area contributed by atoms with Crippen molar-refractivity contribution in [2.45, 2.75) is 132 Å². The topological polar surface area (TPSA) is 96.2 Å². The van der Waals surface area contributed by atoms with Crippen molar-refractivity contribution < 1.29 is 29.6 Å². The number of carboxylic acids is 1. The van der Waals surface area contributed by atoms with Gasteiger partial charge in [-0.3, -0.25) is 0 Å². The minimum atomic E-state index is -1.02. The molecule has 0 spiro atoms. The lowest BCUT2D eigenvalue weighted by Crippen LogP contribution is -2.37. The van der Waals surface area contributed by atoms with Gasteiger partial charge in [0, 0.05) is 11.6 Å². The highest BCUT2D eigenvalue weighted by atomic mass is 16.5. The van der Waals surface area contributed by atoms with Crippen LogP contribution in [0.25, 0.3) is 6.08 Å². The van der Waals surface area contributed by atoms with Gasteiger partial charge >= 0.3 is 5.97 Å². The highest BCUT2D eigenvalue weighted by Crippen LogP contribution is 2.44. The second-order valence-electron chi connectivity index (χ2n) is 14.0. The molecule has 2 aromatic carbocycles. The van der Waals surface area contributed by atoms with Crippen LogP contribution >= 0.6 is 0 Å². The van der Waals surface area contributed by atoms with Crippen LogP contribution in [-0.2, 0) is 11.2 Å². The van der Waals surface area contributed by atoms with E-state index in [2.05, 4.69) is 41.5 Å². The summed E-state index contributed by atoms with van der Waals surface area (Å²) in [6, 6.07) is 4.59. The van der Waals surface area contributed by atoms with E-state index in [9.17, 15) is 15.0 Å². The Hall–Kier alpha value is -3.15. The highest BCUT2D eigenvalue weighted by molar-refractivity contribution is 5.85. The van der Waals surface area contributed by atoms with Gasteiger partial charge in [-0.1, -0.05) is 78.7 Å². The summed E-state index contributed by atoms with van der Waals surface area (Å²) >= 11 is 0. The lowest BCUT2D eigenvalue weighted by atomic mass is 9.84. The van der Waals surface area contributed by atoms with E-state index in [0.717, 1.165) is 65.5 Å². The van der Waals surface area contributed by atoms with Crippen molar-refractivity contribution in [3.8, 4) is 23.0 Å². The molecule has 6 nitrogen and oxygen atoms in total. The number of carbonyl (C=O) groups is 1. The first-order valence-electron chi connectivity index (χ1n) is 17.0. The molecule has 252 valence electrons. The zero-order valence-electron chi connectivity index (χ0n) is 29.5. The van der Waals surface area contributed by atoms with Crippen molar-refractivity contribution in [3.63, 3.8) is 0 Å². The molecular weight excluding hydrogens is 564 g/mol. The van der Waals surface area contributed by atoms with Crippen molar-refractivity contribution in [3.05, 3.63) is 52.1 Å². The van der Waals surface area contributed by atoms with Crippen LogP contribution in [0.15, 0.2) is 24.3 Å². The molecule has 6 heteroatoms. The first kappa shape index (κ1) is 38.0. The van der Waals surface area contributed by atoms with E-state index in [1.54, 1.807) is 12.1 Å². The average Bonchev–Trinajstić information content (AvgIpc) is 2.98. The number of aliphatic carboxylic acids is 1. The Morgan fingerprint density at radius 2 is 1.53 bits per heavy atom. The van der Waals surface area contributed by atoms with Crippen LogP contribution in [0.3, 0.4) is 0 Å². The third-order valence-corrected chi connectivity index (χ3v) is 9.49. The number of carboxylic acid groups (broad SMARTS) is 1. The number of rotatable bonds is 15. The molecule has 0 aromatic heterocycles. The summed E-state index contributed by atoms with van der Waals surface area (Å²) in [4.78, 5) is 10.2. The zero-order chi connectivity index (χ0) is 33.7. The van der Waals surface area contributed by atoms with E-state index in [1.807, 2.05) is 13.8 Å². The zero-order valence-corrected chi connectivity index (χ0v) is 29.5. The molecule has 0 saturated carbocycles. The molecule has 0 aliphatic carbocycles. The van der Waals surface area contributed by atoms with E-state index < -0.39 is 5.97 Å². The van der Waals surface area contributed by atoms with Crippen LogP contribution < -0.4 is 9.47 Å². The van der Waals surface area contributed by atoms with Gasteiger partial charge in [0.15, 0.2) is 11.5 Å². The largest absolute Gasteiger partial charge is 0.507 e. The minimum Gasteiger partial charge on any atom is -0.507 e. The Bertz CT molecular complexity index is 1260. The quantitative estimate of drug-likeness (QED) is 0.171. The smallest absolute Gasteiger partial charge is 0.328 e. The summed E-state index contributed by atoms with van der Waals surface area (Å²) in [6.45, 7) is 17.9. The van der Waals surface area contributed by atoms with E-state index in [1.165, 1.54) is 76.2 Å². The Morgan fingerprint density at radius 1 is 0.933 bits per heavy atom. The third-order valence-electron chi connectivity index (χ3n) is 9.49. The number of benzene rings is 2. The average molecular weight is 625 g/mol. The van der Waals surface area contributed by atoms with Crippen molar-refractivity contribution >= 4 is 12.0 Å². The van der Waals surface area contributed by atoms with Crippen molar-refractivity contribution in [1.82, 2.24) is 0 Å². The van der Waals surface area contributed by atoms with Crippen LogP contribution in [0.4, 0.5) is 0 Å². The van der Waals surface area contributed by atoms with Crippen molar-refractivity contribution in [2.75, 3.05) is 7.11 Å². The molecule has 0 amide bonds. The number of aromatic hydroxyl groups is 2. The van der Waals surface area contributed by atoms with Gasteiger partial charge in [-0.05, 0) is 112 Å². The number of methoxy groups -OCH3 is 1. The molecule has 0 fully saturated rings. The monoisotopic (exact) mass is 624 g/mol. The fraction of sp³-hybridized carbons (Fsp3) is 0.615. The molecule has 2 unspecified atom stereocenters. The Labute approximate surface area is 272 Å². The number of hydrogen-bond donors (Lipinski definition) is 3. The van der Waals surface area contributed by atoms with Gasteiger partial charge in [0.05, 0.1) is 7.11 Å². The minimum absolute atomic E-state index is 0.0278. The molecular formula is C39H60O6. The Morgan fingerprint density at radius 3 is 2.11 bits per heavy atom. The molecule has 0 saturated heterocycles. The summed E-state index contributed by atoms with van der Waals surface area (Å²) in [6.07, 6.45) is 16.5. The molecule has 2 aromatic rings. The summed E-state index contributed by atoms with van der Waals surface area (Å²) in [5.74, 6) is 3.36. The van der Waals surface area contributed by atoms with Gasteiger partial charge in [-0.15, -0.1) is 0 Å². The van der Waals surface area contributed by atoms with Crippen LogP contribution in [0.2, 0.25) is 0 Å². The van der Waals surface area contributed by atoms with Crippen molar-refractivity contribution in [1.29, 1.82) is 0 Å². The first-order valence-corrected chi connectivity index (χ1v) is 17.0. The molecule has 1 aliphatic heterocycles. The number of ether oxygens (including phenoxy) is 2. The maximum Gasteiger partial charge on any atom is 0.328 e. The van der Waals surface area contributed by atoms with Gasteiger partial charge in [0.25, 0.3) is 0 Å². The second kappa shape index (κ2) is 18.1. The number of hydrogen-bond acceptors (Lipinski definition) is 5. The molecule has 1 heterocycles. The highest BCUT2D eigenvalue weighted by Gasteiger charge is 2.34. The lowest BCUT2D eigenvalue weighted by molar-refractivity contribution is -0.131. The van der Waals surface area contributed by atoms with E-state index in [0.29, 0.717) is 17.1 Å². The predicted molar refractivity (Wildman–Crippen MR) is 186 cm³/mol. The molecule has 3 N–H and O–H groups in total. The summed E-state index contributed by atoms with van der Waals surface area (Å²) in [7, 11) is 1.43. The Balaban J connectivity index is 0.000000420. The van der Waals surface area contributed by atoms with E-state index in [-0.39, 0.29) is 11.4 Å². The Kier molecular flexibility index (Phi) is 15.3. The van der Waals surface area contributed by atoms with Crippen molar-refractivity contribution in [2.24, 2.45) is 17.8 Å². The lowest BCUT2D eigenvalue weighted by Gasteiger charge is -2.38. The fourth-order valence-corrected chi connectivity index (χ4v) is 6.24. The predicted octanol–water partition coefficient (Wildman–Crippen LogP) is 10.3. The van der Waals surface area contributed by atoms with Crippen LogP contribution in [0.5, 0.6) is 23.0 Å². The molecule has 3 atom stereocenters. The molecule has 45 heavy (non-hydrogen) atoms. The van der Waals surface area contributed by atoms with E-state index in [4.69, 9.17) is 14.6 Å². The standard InChI is InChI=1S/C29H50O2.C10H10O4/c1-20(2)12-9-13-21(3)14-10-15-22(4)16-11-18-29(8)19-17-26-25(7)27(30)23(5)24(6)28(26)31-29;1-14-9-6-7(2-4-8(9)11)3-5-10(12)13/h20-22,30H,9-19H2,1-8H3;2-6,11H,1H3,(H,12,13)/t21?,22?,29-;/m1./s1. The summed E-state index contributed by atoms with van der Waals surface area (Å²) in [5, 5.41) is 28.0. The van der Waals surface area contributed by atoms with E-state index >= 15 is 0 Å². The van der Waals surface area contributed by atoms with Crippen LogP contribution in [0.1, 0.15) is 127 Å². The molecule has 3 rings (SSSR count). The van der Waals surface area contributed by atoms with Gasteiger partial charge in [0.2, 0.25) is 0 Å². The number of phenolic OH excluding ortho intramolecular Hbond substituents is 2. The third kappa shape index (κ3) is 12.3. The SMILES string of the molecule is COc1cc(C=CC(=O)O)ccc1O.Cc1c(C)c2c(c(C)c1O)CC[C@@](C)(CCCC(C)CCCC(C)CCCC(C)C)O2. The molecule has 0 bridgehead atoms. The fourth-order valence-electron chi connectivity index (χ4n) is 6.24.